The highest BCUT2D eigenvalue weighted by Crippen LogP contribution is 2.13. The molecule has 0 aromatic heterocycles. The Morgan fingerprint density at radius 3 is 2.04 bits per heavy atom. The van der Waals surface area contributed by atoms with E-state index in [4.69, 9.17) is 0 Å². The molecule has 2 aromatic carbocycles. The molecule has 5 heteroatoms. The minimum Gasteiger partial charge on any atom is -0.326 e. The summed E-state index contributed by atoms with van der Waals surface area (Å²) in [6.07, 6.45) is 0. The second-order valence-corrected chi connectivity index (χ2v) is 5.60. The van der Waals surface area contributed by atoms with Crippen molar-refractivity contribution in [2.45, 2.75) is 20.4 Å². The van der Waals surface area contributed by atoms with Gasteiger partial charge in [-0.05, 0) is 36.4 Å². The first-order chi connectivity index (χ1) is 11.6. The van der Waals surface area contributed by atoms with E-state index >= 15 is 0 Å². The van der Waals surface area contributed by atoms with Crippen LogP contribution in [0.1, 0.15) is 19.4 Å². The summed E-state index contributed by atoms with van der Waals surface area (Å²) >= 11 is 0. The predicted molar refractivity (Wildman–Crippen MR) is 96.8 cm³/mol. The SMILES string of the molecule is CCN(CC(=O)Nc1ccc(NC(C)=O)cc1)Cc1ccccc1. The number of carbonyl (C=O) groups excluding carboxylic acids is 2. The normalized spacial score (nSPS) is 10.5. The zero-order chi connectivity index (χ0) is 17.4. The summed E-state index contributed by atoms with van der Waals surface area (Å²) in [4.78, 5) is 25.3. The van der Waals surface area contributed by atoms with Crippen LogP contribution in [0.4, 0.5) is 11.4 Å². The van der Waals surface area contributed by atoms with E-state index in [2.05, 4.69) is 27.7 Å². The average molecular weight is 325 g/mol. The van der Waals surface area contributed by atoms with Gasteiger partial charge in [0.25, 0.3) is 0 Å². The van der Waals surface area contributed by atoms with Gasteiger partial charge in [0.15, 0.2) is 0 Å². The molecule has 0 saturated carbocycles. The van der Waals surface area contributed by atoms with E-state index in [1.807, 2.05) is 25.1 Å². The van der Waals surface area contributed by atoms with Gasteiger partial charge in [0.1, 0.15) is 0 Å². The molecular formula is C19H23N3O2. The molecule has 126 valence electrons. The number of hydrogen-bond donors (Lipinski definition) is 2. The topological polar surface area (TPSA) is 61.4 Å². The van der Waals surface area contributed by atoms with E-state index in [-0.39, 0.29) is 11.8 Å². The number of benzene rings is 2. The number of nitrogens with zero attached hydrogens (tertiary/aromatic N) is 1. The molecule has 0 aliphatic heterocycles. The fourth-order valence-corrected chi connectivity index (χ4v) is 2.36. The summed E-state index contributed by atoms with van der Waals surface area (Å²) in [6, 6.07) is 17.2. The van der Waals surface area contributed by atoms with E-state index in [0.29, 0.717) is 17.9 Å². The molecule has 0 radical (unpaired) electrons. The summed E-state index contributed by atoms with van der Waals surface area (Å²) < 4.78 is 0. The zero-order valence-corrected chi connectivity index (χ0v) is 14.1. The molecule has 5 nitrogen and oxygen atoms in total. The molecule has 2 amide bonds. The van der Waals surface area contributed by atoms with Gasteiger partial charge in [-0.15, -0.1) is 0 Å². The summed E-state index contributed by atoms with van der Waals surface area (Å²) in [5.41, 5.74) is 2.61. The Balaban J connectivity index is 1.88. The Labute approximate surface area is 142 Å². The van der Waals surface area contributed by atoms with E-state index in [1.54, 1.807) is 24.3 Å². The molecule has 0 fully saturated rings. The zero-order valence-electron chi connectivity index (χ0n) is 14.1. The first-order valence-electron chi connectivity index (χ1n) is 8.00. The summed E-state index contributed by atoms with van der Waals surface area (Å²) in [7, 11) is 0. The lowest BCUT2D eigenvalue weighted by Gasteiger charge is -2.20. The van der Waals surface area contributed by atoms with Gasteiger partial charge in [0.05, 0.1) is 6.54 Å². The summed E-state index contributed by atoms with van der Waals surface area (Å²) in [5.74, 6) is -0.175. The van der Waals surface area contributed by atoms with Crippen molar-refractivity contribution in [3.63, 3.8) is 0 Å². The second kappa shape index (κ2) is 8.84. The van der Waals surface area contributed by atoms with Crippen LogP contribution in [0.15, 0.2) is 54.6 Å². The molecule has 0 atom stereocenters. The van der Waals surface area contributed by atoms with Crippen LogP contribution in [-0.2, 0) is 16.1 Å². The Hall–Kier alpha value is -2.66. The standard InChI is InChI=1S/C19H23N3O2/c1-3-22(13-16-7-5-4-6-8-16)14-19(24)21-18-11-9-17(10-12-18)20-15(2)23/h4-12H,3,13-14H2,1-2H3,(H,20,23)(H,21,24). The Morgan fingerprint density at radius 2 is 1.50 bits per heavy atom. The fraction of sp³-hybridized carbons (Fsp3) is 0.263. The predicted octanol–water partition coefficient (Wildman–Crippen LogP) is 3.11. The highest BCUT2D eigenvalue weighted by molar-refractivity contribution is 5.93. The van der Waals surface area contributed by atoms with Crippen molar-refractivity contribution in [2.24, 2.45) is 0 Å². The van der Waals surface area contributed by atoms with Gasteiger partial charge < -0.3 is 10.6 Å². The third-order valence-electron chi connectivity index (χ3n) is 3.55. The highest BCUT2D eigenvalue weighted by Gasteiger charge is 2.10. The fourth-order valence-electron chi connectivity index (χ4n) is 2.36. The Bertz CT molecular complexity index is 669. The van der Waals surface area contributed by atoms with E-state index in [0.717, 1.165) is 13.1 Å². The molecule has 0 aliphatic rings. The number of likely N-dealkylation sites (N-methyl/N-ethyl adjacent to an activating group) is 1. The molecule has 2 N–H and O–H groups in total. The van der Waals surface area contributed by atoms with Crippen molar-refractivity contribution < 1.29 is 9.59 Å². The Morgan fingerprint density at radius 1 is 0.917 bits per heavy atom. The number of nitrogens with one attached hydrogen (secondary N) is 2. The maximum absolute atomic E-state index is 12.2. The van der Waals surface area contributed by atoms with Crippen molar-refractivity contribution in [3.05, 3.63) is 60.2 Å². The number of hydrogen-bond acceptors (Lipinski definition) is 3. The first-order valence-corrected chi connectivity index (χ1v) is 8.00. The maximum atomic E-state index is 12.2. The molecule has 0 aliphatic carbocycles. The van der Waals surface area contributed by atoms with Crippen molar-refractivity contribution >= 4 is 23.2 Å². The Kier molecular flexibility index (Phi) is 6.51. The molecule has 0 unspecified atom stereocenters. The van der Waals surface area contributed by atoms with Gasteiger partial charge >= 0.3 is 0 Å². The molecule has 0 spiro atoms. The number of carbonyl (C=O) groups is 2. The molecule has 0 heterocycles. The van der Waals surface area contributed by atoms with Crippen LogP contribution >= 0.6 is 0 Å². The molecule has 2 aromatic rings. The van der Waals surface area contributed by atoms with E-state index in [1.165, 1.54) is 12.5 Å². The van der Waals surface area contributed by atoms with Gasteiger partial charge in [-0.3, -0.25) is 14.5 Å². The lowest BCUT2D eigenvalue weighted by atomic mass is 10.2. The van der Waals surface area contributed by atoms with Crippen LogP contribution in [-0.4, -0.2) is 29.8 Å². The monoisotopic (exact) mass is 325 g/mol. The van der Waals surface area contributed by atoms with Gasteiger partial charge in [-0.2, -0.15) is 0 Å². The van der Waals surface area contributed by atoms with Gasteiger partial charge in [-0.1, -0.05) is 37.3 Å². The number of anilines is 2. The molecule has 24 heavy (non-hydrogen) atoms. The van der Waals surface area contributed by atoms with Crippen LogP contribution in [0.2, 0.25) is 0 Å². The minimum atomic E-state index is -0.119. The van der Waals surface area contributed by atoms with Gasteiger partial charge in [-0.25, -0.2) is 0 Å². The van der Waals surface area contributed by atoms with Crippen LogP contribution in [0.25, 0.3) is 0 Å². The lowest BCUT2D eigenvalue weighted by molar-refractivity contribution is -0.117. The smallest absolute Gasteiger partial charge is 0.238 e. The molecule has 0 bridgehead atoms. The lowest BCUT2D eigenvalue weighted by Crippen LogP contribution is -2.32. The molecule has 2 rings (SSSR count). The van der Waals surface area contributed by atoms with Crippen LogP contribution in [0, 0.1) is 0 Å². The van der Waals surface area contributed by atoms with Crippen molar-refractivity contribution in [1.29, 1.82) is 0 Å². The average Bonchev–Trinajstić information content (AvgIpc) is 2.56. The van der Waals surface area contributed by atoms with Crippen molar-refractivity contribution in [1.82, 2.24) is 4.90 Å². The third kappa shape index (κ3) is 5.85. The number of amides is 2. The first kappa shape index (κ1) is 17.7. The van der Waals surface area contributed by atoms with Crippen LogP contribution in [0.3, 0.4) is 0 Å². The minimum absolute atomic E-state index is 0.0555. The van der Waals surface area contributed by atoms with Crippen LogP contribution < -0.4 is 10.6 Å². The summed E-state index contributed by atoms with van der Waals surface area (Å²) in [5, 5.41) is 5.57. The third-order valence-corrected chi connectivity index (χ3v) is 3.55. The van der Waals surface area contributed by atoms with E-state index in [9.17, 15) is 9.59 Å². The van der Waals surface area contributed by atoms with Gasteiger partial charge in [0, 0.05) is 24.8 Å². The van der Waals surface area contributed by atoms with Crippen LogP contribution in [0.5, 0.6) is 0 Å². The molecular weight excluding hydrogens is 302 g/mol. The highest BCUT2D eigenvalue weighted by atomic mass is 16.2. The quantitative estimate of drug-likeness (QED) is 0.822. The number of rotatable bonds is 7. The van der Waals surface area contributed by atoms with Gasteiger partial charge in [0.2, 0.25) is 11.8 Å². The summed E-state index contributed by atoms with van der Waals surface area (Å²) in [6.45, 7) is 5.37. The maximum Gasteiger partial charge on any atom is 0.238 e. The largest absolute Gasteiger partial charge is 0.326 e. The van der Waals surface area contributed by atoms with E-state index < -0.39 is 0 Å². The van der Waals surface area contributed by atoms with Crippen molar-refractivity contribution in [2.75, 3.05) is 23.7 Å². The second-order valence-electron chi connectivity index (χ2n) is 5.60. The van der Waals surface area contributed by atoms with Crippen molar-refractivity contribution in [3.8, 4) is 0 Å². The molecule has 0 saturated heterocycles.